The molecule has 2 aromatic carbocycles. The first kappa shape index (κ1) is 14.1. The zero-order valence-electron chi connectivity index (χ0n) is 12.1. The lowest BCUT2D eigenvalue weighted by Gasteiger charge is -2.25. The smallest absolute Gasteiger partial charge is 0.103 e. The average Bonchev–Trinajstić information content (AvgIpc) is 2.70. The Morgan fingerprint density at radius 3 is 2.81 bits per heavy atom. The van der Waals surface area contributed by atoms with Crippen LogP contribution in [0.3, 0.4) is 0 Å². The molecule has 1 heterocycles. The summed E-state index contributed by atoms with van der Waals surface area (Å²) in [6, 6.07) is 17.0. The Morgan fingerprint density at radius 1 is 1.10 bits per heavy atom. The summed E-state index contributed by atoms with van der Waals surface area (Å²) in [7, 11) is 0. The summed E-state index contributed by atoms with van der Waals surface area (Å²) in [6.45, 7) is 2.02. The maximum Gasteiger partial charge on any atom is 0.103 e. The molecule has 0 fully saturated rings. The zero-order chi connectivity index (χ0) is 14.7. The van der Waals surface area contributed by atoms with Crippen LogP contribution in [-0.2, 0) is 13.0 Å². The highest BCUT2D eigenvalue weighted by Gasteiger charge is 2.15. The second-order valence-electron chi connectivity index (χ2n) is 5.57. The maximum absolute atomic E-state index is 5.74. The lowest BCUT2D eigenvalue weighted by Crippen LogP contribution is -2.23. The van der Waals surface area contributed by atoms with E-state index in [-0.39, 0.29) is 0 Å². The number of anilines is 1. The van der Waals surface area contributed by atoms with Crippen molar-refractivity contribution >= 4 is 22.9 Å². The van der Waals surface area contributed by atoms with Crippen molar-refractivity contribution in [3.8, 4) is 0 Å². The molecule has 0 spiro atoms. The summed E-state index contributed by atoms with van der Waals surface area (Å²) in [6.07, 6.45) is 3.68. The van der Waals surface area contributed by atoms with E-state index in [9.17, 15) is 0 Å². The summed E-state index contributed by atoms with van der Waals surface area (Å²) in [5.74, 6) is 0. The van der Waals surface area contributed by atoms with Gasteiger partial charge >= 0.3 is 0 Å². The van der Waals surface area contributed by atoms with Crippen LogP contribution in [0.4, 0.5) is 5.69 Å². The van der Waals surface area contributed by atoms with Crippen LogP contribution in [0, 0.1) is 0 Å². The Kier molecular flexibility index (Phi) is 4.20. The minimum absolute atomic E-state index is 0.466. The third kappa shape index (κ3) is 3.24. The Hall–Kier alpha value is -1.87. The molecule has 0 atom stereocenters. The van der Waals surface area contributed by atoms with Crippen LogP contribution in [0.1, 0.15) is 29.5 Å². The molecule has 3 rings (SSSR count). The van der Waals surface area contributed by atoms with Crippen molar-refractivity contribution in [3.63, 3.8) is 0 Å². The molecule has 108 valence electrons. The highest BCUT2D eigenvalue weighted by Crippen LogP contribution is 2.27. The molecule has 2 nitrogen and oxygen atoms in total. The fourth-order valence-electron chi connectivity index (χ4n) is 2.98. The number of benzene rings is 2. The minimum atomic E-state index is 0.466. The van der Waals surface area contributed by atoms with Gasteiger partial charge in [-0.2, -0.15) is 0 Å². The van der Waals surface area contributed by atoms with Gasteiger partial charge in [-0.3, -0.25) is 0 Å². The van der Waals surface area contributed by atoms with Crippen molar-refractivity contribution in [2.75, 3.05) is 11.4 Å². The quantitative estimate of drug-likeness (QED) is 0.876. The number of nitrogens with two attached hydrogens (primary N) is 1. The molecule has 1 aliphatic rings. The van der Waals surface area contributed by atoms with E-state index >= 15 is 0 Å². The van der Waals surface area contributed by atoms with Crippen LogP contribution in [0.5, 0.6) is 0 Å². The summed E-state index contributed by atoms with van der Waals surface area (Å²) in [5, 5.41) is 0. The number of nitrogens with zero attached hydrogens (tertiary/aromatic N) is 1. The molecule has 0 unspecified atom stereocenters. The Bertz CT molecular complexity index is 651. The summed E-state index contributed by atoms with van der Waals surface area (Å²) < 4.78 is 0. The molecule has 0 saturated carbocycles. The third-order valence-electron chi connectivity index (χ3n) is 4.04. The largest absolute Gasteiger partial charge is 0.389 e. The number of rotatable bonds is 3. The van der Waals surface area contributed by atoms with Crippen molar-refractivity contribution in [3.05, 3.63) is 65.2 Å². The minimum Gasteiger partial charge on any atom is -0.389 e. The van der Waals surface area contributed by atoms with Gasteiger partial charge in [0.25, 0.3) is 0 Å². The summed E-state index contributed by atoms with van der Waals surface area (Å²) in [4.78, 5) is 2.94. The molecule has 1 aliphatic heterocycles. The molecule has 0 amide bonds. The van der Waals surface area contributed by atoms with Gasteiger partial charge < -0.3 is 10.6 Å². The molecule has 0 aliphatic carbocycles. The van der Waals surface area contributed by atoms with E-state index < -0.39 is 0 Å². The van der Waals surface area contributed by atoms with Gasteiger partial charge in [-0.15, -0.1) is 0 Å². The standard InChI is InChI=1S/C18H20N2S/c19-18(21)16-9-5-6-14(12-16)13-20-11-4-3-8-15-7-1-2-10-17(15)20/h1-2,5-7,9-10,12H,3-4,8,11,13H2,(H2,19,21). The van der Waals surface area contributed by atoms with E-state index in [0.29, 0.717) is 4.99 Å². The van der Waals surface area contributed by atoms with Crippen molar-refractivity contribution in [2.24, 2.45) is 5.73 Å². The molecule has 2 N–H and O–H groups in total. The van der Waals surface area contributed by atoms with Crippen LogP contribution >= 0.6 is 12.2 Å². The fourth-order valence-corrected chi connectivity index (χ4v) is 3.10. The molecule has 0 saturated heterocycles. The molecular weight excluding hydrogens is 276 g/mol. The Balaban J connectivity index is 1.87. The van der Waals surface area contributed by atoms with E-state index in [1.165, 1.54) is 36.1 Å². The van der Waals surface area contributed by atoms with Crippen molar-refractivity contribution < 1.29 is 0 Å². The van der Waals surface area contributed by atoms with Gasteiger partial charge in [0.2, 0.25) is 0 Å². The number of para-hydroxylation sites is 1. The van der Waals surface area contributed by atoms with Gasteiger partial charge in [0, 0.05) is 24.3 Å². The van der Waals surface area contributed by atoms with Gasteiger partial charge in [-0.25, -0.2) is 0 Å². The zero-order valence-corrected chi connectivity index (χ0v) is 12.9. The van der Waals surface area contributed by atoms with Crippen LogP contribution in [0.2, 0.25) is 0 Å². The average molecular weight is 296 g/mol. The Morgan fingerprint density at radius 2 is 1.95 bits per heavy atom. The SMILES string of the molecule is NC(=S)c1cccc(CN2CCCCc3ccccc32)c1. The van der Waals surface area contributed by atoms with E-state index in [4.69, 9.17) is 18.0 Å². The van der Waals surface area contributed by atoms with E-state index in [1.807, 2.05) is 12.1 Å². The van der Waals surface area contributed by atoms with Crippen LogP contribution in [-0.4, -0.2) is 11.5 Å². The fraction of sp³-hybridized carbons (Fsp3) is 0.278. The van der Waals surface area contributed by atoms with Gasteiger partial charge in [0.1, 0.15) is 4.99 Å². The van der Waals surface area contributed by atoms with Gasteiger partial charge in [0.15, 0.2) is 0 Å². The molecular formula is C18H20N2S. The highest BCUT2D eigenvalue weighted by molar-refractivity contribution is 7.80. The summed E-state index contributed by atoms with van der Waals surface area (Å²) in [5.41, 5.74) is 10.8. The van der Waals surface area contributed by atoms with E-state index in [0.717, 1.165) is 18.7 Å². The van der Waals surface area contributed by atoms with Crippen LogP contribution < -0.4 is 10.6 Å². The number of hydrogen-bond donors (Lipinski definition) is 1. The molecule has 0 bridgehead atoms. The molecule has 0 radical (unpaired) electrons. The van der Waals surface area contributed by atoms with Crippen molar-refractivity contribution in [1.29, 1.82) is 0 Å². The number of aryl methyl sites for hydroxylation is 1. The van der Waals surface area contributed by atoms with E-state index in [1.54, 1.807) is 0 Å². The van der Waals surface area contributed by atoms with Crippen molar-refractivity contribution in [2.45, 2.75) is 25.8 Å². The molecule has 0 aromatic heterocycles. The number of thiocarbonyl (C=S) groups is 1. The van der Waals surface area contributed by atoms with Crippen LogP contribution in [0.25, 0.3) is 0 Å². The van der Waals surface area contributed by atoms with Gasteiger partial charge in [-0.05, 0) is 42.5 Å². The second-order valence-corrected chi connectivity index (χ2v) is 6.01. The first-order valence-corrected chi connectivity index (χ1v) is 7.86. The highest BCUT2D eigenvalue weighted by atomic mass is 32.1. The topological polar surface area (TPSA) is 29.3 Å². The maximum atomic E-state index is 5.74. The molecule has 3 heteroatoms. The summed E-state index contributed by atoms with van der Waals surface area (Å²) >= 11 is 5.07. The predicted molar refractivity (Wildman–Crippen MR) is 92.8 cm³/mol. The lowest BCUT2D eigenvalue weighted by atomic mass is 10.1. The number of hydrogen-bond acceptors (Lipinski definition) is 2. The predicted octanol–water partition coefficient (Wildman–Crippen LogP) is 3.66. The van der Waals surface area contributed by atoms with Gasteiger partial charge in [0.05, 0.1) is 0 Å². The normalized spacial score (nSPS) is 14.4. The second kappa shape index (κ2) is 6.27. The van der Waals surface area contributed by atoms with Crippen molar-refractivity contribution in [1.82, 2.24) is 0 Å². The first-order valence-electron chi connectivity index (χ1n) is 7.45. The third-order valence-corrected chi connectivity index (χ3v) is 4.28. The number of fused-ring (bicyclic) bond motifs is 1. The molecule has 21 heavy (non-hydrogen) atoms. The Labute approximate surface area is 131 Å². The lowest BCUT2D eigenvalue weighted by molar-refractivity contribution is 0.714. The monoisotopic (exact) mass is 296 g/mol. The van der Waals surface area contributed by atoms with Crippen LogP contribution in [0.15, 0.2) is 48.5 Å². The molecule has 2 aromatic rings. The first-order chi connectivity index (χ1) is 10.2. The van der Waals surface area contributed by atoms with Gasteiger partial charge in [-0.1, -0.05) is 48.6 Å². The van der Waals surface area contributed by atoms with E-state index in [2.05, 4.69) is 41.3 Å².